The standard InChI is InChI=1S/C9H7NO3S.C8H13NO3S/c11-14(12,13)8-3-4-9-7(6-8)2-1-5-10-9;10-13(11,12)8-4-7-9-5-2-1-3-6-9/h1-6H,(H,11,12,13);1-3,5H,4,6-8H2,(H,10,11,12). The van der Waals surface area contributed by atoms with Gasteiger partial charge < -0.3 is 4.90 Å². The van der Waals surface area contributed by atoms with E-state index in [0.29, 0.717) is 23.9 Å². The van der Waals surface area contributed by atoms with E-state index >= 15 is 0 Å². The maximum Gasteiger partial charge on any atom is 0.294 e. The van der Waals surface area contributed by atoms with E-state index in [-0.39, 0.29) is 10.6 Å². The predicted molar refractivity (Wildman–Crippen MR) is 102 cm³/mol. The lowest BCUT2D eigenvalue weighted by Crippen LogP contribution is -2.22. The van der Waals surface area contributed by atoms with Crippen LogP contribution in [0.1, 0.15) is 6.42 Å². The van der Waals surface area contributed by atoms with Gasteiger partial charge in [-0.05, 0) is 43.0 Å². The quantitative estimate of drug-likeness (QED) is 0.716. The van der Waals surface area contributed by atoms with Crippen molar-refractivity contribution in [2.75, 3.05) is 18.8 Å². The van der Waals surface area contributed by atoms with Crippen molar-refractivity contribution in [3.8, 4) is 0 Å². The van der Waals surface area contributed by atoms with Gasteiger partial charge in [0.2, 0.25) is 0 Å². The molecule has 1 aliphatic heterocycles. The Morgan fingerprint density at radius 1 is 1.07 bits per heavy atom. The molecule has 0 bridgehead atoms. The zero-order valence-electron chi connectivity index (χ0n) is 14.3. The highest BCUT2D eigenvalue weighted by atomic mass is 32.2. The van der Waals surface area contributed by atoms with Crippen LogP contribution in [0.15, 0.2) is 65.9 Å². The van der Waals surface area contributed by atoms with Crippen LogP contribution in [0.25, 0.3) is 10.9 Å². The lowest BCUT2D eigenvalue weighted by atomic mass is 10.2. The van der Waals surface area contributed by atoms with E-state index in [2.05, 4.69) is 4.98 Å². The number of nitrogens with zero attached hydrogens (tertiary/aromatic N) is 2. The van der Waals surface area contributed by atoms with Crippen LogP contribution in [0.5, 0.6) is 0 Å². The third-order valence-electron chi connectivity index (χ3n) is 3.60. The van der Waals surface area contributed by atoms with Crippen molar-refractivity contribution in [3.63, 3.8) is 0 Å². The molecule has 3 rings (SSSR count). The highest BCUT2D eigenvalue weighted by Crippen LogP contribution is 2.16. The number of rotatable bonds is 5. The summed E-state index contributed by atoms with van der Waals surface area (Å²) in [4.78, 5) is 5.91. The summed E-state index contributed by atoms with van der Waals surface area (Å²) in [5.74, 6) is -0.166. The smallest absolute Gasteiger partial charge is 0.294 e. The Kier molecular flexibility index (Phi) is 7.08. The first-order chi connectivity index (χ1) is 12.6. The van der Waals surface area contributed by atoms with E-state index in [1.54, 1.807) is 24.4 Å². The number of hydrogen-bond donors (Lipinski definition) is 2. The van der Waals surface area contributed by atoms with Gasteiger partial charge in [-0.15, -0.1) is 0 Å². The van der Waals surface area contributed by atoms with Crippen LogP contribution in [0, 0.1) is 0 Å². The molecule has 0 spiro atoms. The Balaban J connectivity index is 0.000000194. The lowest BCUT2D eigenvalue weighted by Gasteiger charge is -2.19. The Bertz CT molecular complexity index is 1050. The van der Waals surface area contributed by atoms with Crippen molar-refractivity contribution in [2.45, 2.75) is 11.3 Å². The second-order valence-corrected chi connectivity index (χ2v) is 8.73. The van der Waals surface area contributed by atoms with Gasteiger partial charge in [-0.25, -0.2) is 0 Å². The first-order valence-electron chi connectivity index (χ1n) is 8.00. The van der Waals surface area contributed by atoms with E-state index in [9.17, 15) is 16.8 Å². The van der Waals surface area contributed by atoms with Crippen molar-refractivity contribution in [1.82, 2.24) is 9.88 Å². The Morgan fingerprint density at radius 2 is 1.85 bits per heavy atom. The van der Waals surface area contributed by atoms with Crippen LogP contribution in [-0.2, 0) is 20.2 Å². The highest BCUT2D eigenvalue weighted by Gasteiger charge is 2.09. The summed E-state index contributed by atoms with van der Waals surface area (Å²) in [6.07, 6.45) is 9.82. The lowest BCUT2D eigenvalue weighted by molar-refractivity contribution is 0.406. The predicted octanol–water partition coefficient (Wildman–Crippen LogP) is 2.13. The number of aromatic nitrogens is 1. The van der Waals surface area contributed by atoms with Crippen LogP contribution in [0.2, 0.25) is 0 Å². The number of hydrogen-bond acceptors (Lipinski definition) is 6. The molecule has 10 heteroatoms. The second-order valence-electron chi connectivity index (χ2n) is 5.74. The summed E-state index contributed by atoms with van der Waals surface area (Å²) in [6, 6.07) is 7.70. The molecule has 27 heavy (non-hydrogen) atoms. The minimum atomic E-state index is -4.12. The fourth-order valence-corrected chi connectivity index (χ4v) is 3.35. The summed E-state index contributed by atoms with van der Waals surface area (Å²) < 4.78 is 59.6. The van der Waals surface area contributed by atoms with E-state index in [1.807, 2.05) is 29.3 Å². The van der Waals surface area contributed by atoms with Crippen LogP contribution >= 0.6 is 0 Å². The van der Waals surface area contributed by atoms with Gasteiger partial charge in [0.25, 0.3) is 20.2 Å². The summed E-state index contributed by atoms with van der Waals surface area (Å²) >= 11 is 0. The van der Waals surface area contributed by atoms with Crippen LogP contribution in [0.3, 0.4) is 0 Å². The van der Waals surface area contributed by atoms with E-state index in [4.69, 9.17) is 9.11 Å². The summed E-state index contributed by atoms with van der Waals surface area (Å²) in [5, 5.41) is 0.683. The molecule has 0 atom stereocenters. The maximum atomic E-state index is 10.8. The molecule has 0 saturated heterocycles. The summed E-state index contributed by atoms with van der Waals surface area (Å²) in [5.41, 5.74) is 0.694. The van der Waals surface area contributed by atoms with Crippen LogP contribution in [-0.4, -0.2) is 54.7 Å². The van der Waals surface area contributed by atoms with Gasteiger partial charge in [0, 0.05) is 24.7 Å². The third-order valence-corrected chi connectivity index (χ3v) is 5.26. The average Bonchev–Trinajstić information content (AvgIpc) is 2.61. The molecule has 0 fully saturated rings. The number of fused-ring (bicyclic) bond motifs is 1. The first kappa shape index (κ1) is 21.0. The zero-order chi connectivity index (χ0) is 19.9. The molecule has 8 nitrogen and oxygen atoms in total. The minimum absolute atomic E-state index is 0.113. The van der Waals surface area contributed by atoms with E-state index in [0.717, 1.165) is 6.54 Å². The van der Waals surface area contributed by atoms with Crippen LogP contribution < -0.4 is 0 Å². The van der Waals surface area contributed by atoms with Gasteiger partial charge >= 0.3 is 0 Å². The van der Waals surface area contributed by atoms with Crippen LogP contribution in [0.4, 0.5) is 0 Å². The second kappa shape index (κ2) is 9.09. The topological polar surface area (TPSA) is 125 Å². The summed E-state index contributed by atoms with van der Waals surface area (Å²) in [6.45, 7) is 1.46. The van der Waals surface area contributed by atoms with E-state index in [1.165, 1.54) is 12.1 Å². The Hall–Kier alpha value is -2.27. The van der Waals surface area contributed by atoms with Crippen molar-refractivity contribution in [3.05, 3.63) is 61.0 Å². The van der Waals surface area contributed by atoms with Crippen molar-refractivity contribution < 1.29 is 25.9 Å². The third kappa shape index (κ3) is 7.47. The molecule has 2 aromatic rings. The highest BCUT2D eigenvalue weighted by molar-refractivity contribution is 7.86. The first-order valence-corrected chi connectivity index (χ1v) is 11.0. The van der Waals surface area contributed by atoms with Gasteiger partial charge in [-0.2, -0.15) is 16.8 Å². The normalized spacial score (nSPS) is 14.1. The molecule has 0 amide bonds. The average molecular weight is 412 g/mol. The molecule has 0 aliphatic carbocycles. The molecule has 2 heterocycles. The number of allylic oxidation sites excluding steroid dienone is 2. The molecule has 1 aromatic carbocycles. The SMILES string of the molecule is O=S(=O)(O)CCCN1C=CC=CC1.O=S(=O)(O)c1ccc2ncccc2c1. The molecule has 1 aliphatic rings. The van der Waals surface area contributed by atoms with Gasteiger partial charge in [0.1, 0.15) is 0 Å². The number of benzene rings is 1. The van der Waals surface area contributed by atoms with Crippen molar-refractivity contribution in [1.29, 1.82) is 0 Å². The van der Waals surface area contributed by atoms with Gasteiger partial charge in [0.05, 0.1) is 16.2 Å². The largest absolute Gasteiger partial charge is 0.374 e. The Labute approximate surface area is 158 Å². The zero-order valence-corrected chi connectivity index (χ0v) is 16.0. The van der Waals surface area contributed by atoms with E-state index < -0.39 is 20.2 Å². The van der Waals surface area contributed by atoms with Gasteiger partial charge in [-0.1, -0.05) is 18.2 Å². The molecular formula is C17H20N2O6S2. The number of pyridine rings is 1. The molecule has 146 valence electrons. The van der Waals surface area contributed by atoms with Crippen molar-refractivity contribution in [2.24, 2.45) is 0 Å². The van der Waals surface area contributed by atoms with Crippen molar-refractivity contribution >= 4 is 31.1 Å². The molecule has 0 unspecified atom stereocenters. The monoisotopic (exact) mass is 412 g/mol. The molecule has 0 radical (unpaired) electrons. The molecular weight excluding hydrogens is 392 g/mol. The molecule has 1 aromatic heterocycles. The molecule has 0 saturated carbocycles. The fourth-order valence-electron chi connectivity index (χ4n) is 2.34. The maximum absolute atomic E-state index is 10.8. The minimum Gasteiger partial charge on any atom is -0.374 e. The van der Waals surface area contributed by atoms with Gasteiger partial charge in [-0.3, -0.25) is 14.1 Å². The fraction of sp³-hybridized carbons (Fsp3) is 0.235. The summed E-state index contributed by atoms with van der Waals surface area (Å²) in [7, 11) is -7.92. The molecule has 2 N–H and O–H groups in total. The Morgan fingerprint density at radius 3 is 2.48 bits per heavy atom. The van der Waals surface area contributed by atoms with Gasteiger partial charge in [0.15, 0.2) is 0 Å².